The topological polar surface area (TPSA) is 44.8 Å². The highest BCUT2D eigenvalue weighted by molar-refractivity contribution is 6.01. The van der Waals surface area contributed by atoms with Gasteiger partial charge >= 0.3 is 12.4 Å². The van der Waals surface area contributed by atoms with Crippen LogP contribution in [0.15, 0.2) is 84.9 Å². The van der Waals surface area contributed by atoms with Gasteiger partial charge < -0.3 is 15.0 Å². The molecule has 0 spiro atoms. The lowest BCUT2D eigenvalue weighted by molar-refractivity contribution is -0.274. The highest BCUT2D eigenvalue weighted by atomic mass is 19.4. The Kier molecular flexibility index (Phi) is 8.48. The minimum absolute atomic E-state index is 0.308. The summed E-state index contributed by atoms with van der Waals surface area (Å²) in [6, 6.07) is 24.7. The van der Waals surface area contributed by atoms with Crippen molar-refractivity contribution in [3.8, 4) is 5.75 Å². The minimum Gasteiger partial charge on any atom is -0.406 e. The Morgan fingerprint density at radius 3 is 2.31 bits per heavy atom. The van der Waals surface area contributed by atoms with Crippen LogP contribution in [0.2, 0.25) is 0 Å². The van der Waals surface area contributed by atoms with E-state index in [2.05, 4.69) is 39.2 Å². The second-order valence-electron chi connectivity index (χ2n) is 8.99. The molecule has 0 aliphatic carbocycles. The molecule has 1 unspecified atom stereocenters. The Morgan fingerprint density at radius 1 is 0.972 bits per heavy atom. The van der Waals surface area contributed by atoms with E-state index in [1.54, 1.807) is 4.90 Å². The number of alkyl halides is 3. The van der Waals surface area contributed by atoms with Crippen molar-refractivity contribution in [1.82, 2.24) is 4.90 Å². The molecule has 1 aliphatic rings. The fraction of sp³-hybridized carbons (Fsp3) is 0.321. The van der Waals surface area contributed by atoms with Crippen LogP contribution in [0.25, 0.3) is 0 Å². The SMILES string of the molecule is O=C(Nc1ccc(OC(F)(F)F)cc1)N(CC1CCCN(CCc2ccccc2)C1)c1ccccc1. The molecule has 5 nitrogen and oxygen atoms in total. The van der Waals surface area contributed by atoms with Crippen LogP contribution in [0.3, 0.4) is 0 Å². The first-order chi connectivity index (χ1) is 17.4. The van der Waals surface area contributed by atoms with Gasteiger partial charge in [0.15, 0.2) is 0 Å². The summed E-state index contributed by atoms with van der Waals surface area (Å²) in [7, 11) is 0. The zero-order valence-electron chi connectivity index (χ0n) is 20.0. The van der Waals surface area contributed by atoms with Gasteiger partial charge in [-0.25, -0.2) is 4.79 Å². The Morgan fingerprint density at radius 2 is 1.64 bits per heavy atom. The van der Waals surface area contributed by atoms with Gasteiger partial charge in [-0.15, -0.1) is 13.2 Å². The van der Waals surface area contributed by atoms with E-state index in [0.29, 0.717) is 18.2 Å². The molecule has 1 heterocycles. The summed E-state index contributed by atoms with van der Waals surface area (Å²) < 4.78 is 41.2. The van der Waals surface area contributed by atoms with Crippen molar-refractivity contribution in [3.05, 3.63) is 90.5 Å². The monoisotopic (exact) mass is 497 g/mol. The first-order valence-corrected chi connectivity index (χ1v) is 12.1. The number of rotatable bonds is 8. The summed E-state index contributed by atoms with van der Waals surface area (Å²) in [6.07, 6.45) is -1.67. The number of benzene rings is 3. The van der Waals surface area contributed by atoms with Gasteiger partial charge in [-0.3, -0.25) is 4.90 Å². The van der Waals surface area contributed by atoms with E-state index in [1.807, 2.05) is 36.4 Å². The standard InChI is InChI=1S/C28H30F3N3O2/c29-28(30,31)36-26-15-13-24(14-16-26)32-27(35)34(25-11-5-2-6-12-25)21-23-10-7-18-33(20-23)19-17-22-8-3-1-4-9-22/h1-6,8-9,11-16,23H,7,10,17-21H2,(H,32,35). The molecule has 1 N–H and O–H groups in total. The van der Waals surface area contributed by atoms with E-state index in [9.17, 15) is 18.0 Å². The molecule has 190 valence electrons. The predicted octanol–water partition coefficient (Wildman–Crippen LogP) is 6.58. The Bertz CT molecular complexity index is 1090. The third-order valence-corrected chi connectivity index (χ3v) is 6.26. The zero-order chi connectivity index (χ0) is 25.4. The molecule has 1 aliphatic heterocycles. The van der Waals surface area contributed by atoms with Crippen LogP contribution < -0.4 is 15.0 Å². The number of nitrogens with one attached hydrogen (secondary N) is 1. The van der Waals surface area contributed by atoms with Crippen LogP contribution in [-0.2, 0) is 6.42 Å². The average Bonchev–Trinajstić information content (AvgIpc) is 2.88. The average molecular weight is 498 g/mol. The molecule has 8 heteroatoms. The maximum absolute atomic E-state index is 13.3. The third kappa shape index (κ3) is 7.75. The molecule has 3 aromatic rings. The number of carbonyl (C=O) groups is 1. The maximum atomic E-state index is 13.3. The van der Waals surface area contributed by atoms with E-state index in [4.69, 9.17) is 0 Å². The number of ether oxygens (including phenoxy) is 1. The molecule has 0 saturated carbocycles. The van der Waals surface area contributed by atoms with Crippen LogP contribution in [0, 0.1) is 5.92 Å². The number of hydrogen-bond donors (Lipinski definition) is 1. The highest BCUT2D eigenvalue weighted by Gasteiger charge is 2.31. The highest BCUT2D eigenvalue weighted by Crippen LogP contribution is 2.26. The van der Waals surface area contributed by atoms with Crippen molar-refractivity contribution in [2.75, 3.05) is 36.4 Å². The fourth-order valence-electron chi connectivity index (χ4n) is 4.54. The summed E-state index contributed by atoms with van der Waals surface area (Å²) in [5.74, 6) is -0.0266. The summed E-state index contributed by atoms with van der Waals surface area (Å²) in [5, 5.41) is 2.81. The number of piperidine rings is 1. The van der Waals surface area contributed by atoms with Crippen molar-refractivity contribution in [2.45, 2.75) is 25.6 Å². The summed E-state index contributed by atoms with van der Waals surface area (Å²) >= 11 is 0. The number of carbonyl (C=O) groups excluding carboxylic acids is 1. The second-order valence-corrected chi connectivity index (χ2v) is 8.99. The molecular formula is C28H30F3N3O2. The van der Waals surface area contributed by atoms with Crippen molar-refractivity contribution >= 4 is 17.4 Å². The maximum Gasteiger partial charge on any atom is 0.573 e. The minimum atomic E-state index is -4.76. The fourth-order valence-corrected chi connectivity index (χ4v) is 4.54. The first kappa shape index (κ1) is 25.6. The van der Waals surface area contributed by atoms with Gasteiger partial charge in [-0.05, 0) is 73.7 Å². The van der Waals surface area contributed by atoms with Crippen molar-refractivity contribution in [3.63, 3.8) is 0 Å². The smallest absolute Gasteiger partial charge is 0.406 e. The van der Waals surface area contributed by atoms with Gasteiger partial charge in [0.25, 0.3) is 0 Å². The Hall–Kier alpha value is -3.52. The number of nitrogens with zero attached hydrogens (tertiary/aromatic N) is 2. The number of likely N-dealkylation sites (tertiary alicyclic amines) is 1. The molecule has 0 bridgehead atoms. The number of halogens is 3. The number of urea groups is 1. The van der Waals surface area contributed by atoms with E-state index < -0.39 is 6.36 Å². The Balaban J connectivity index is 1.39. The number of para-hydroxylation sites is 1. The molecule has 36 heavy (non-hydrogen) atoms. The van der Waals surface area contributed by atoms with Crippen LogP contribution in [0.5, 0.6) is 5.75 Å². The lowest BCUT2D eigenvalue weighted by atomic mass is 9.96. The van der Waals surface area contributed by atoms with Gasteiger partial charge in [0.2, 0.25) is 0 Å². The van der Waals surface area contributed by atoms with E-state index in [1.165, 1.54) is 29.8 Å². The summed E-state index contributed by atoms with van der Waals surface area (Å²) in [5.41, 5.74) is 2.48. The largest absolute Gasteiger partial charge is 0.573 e. The molecule has 0 radical (unpaired) electrons. The normalized spacial score (nSPS) is 16.4. The third-order valence-electron chi connectivity index (χ3n) is 6.26. The van der Waals surface area contributed by atoms with Crippen LogP contribution in [-0.4, -0.2) is 43.5 Å². The summed E-state index contributed by atoms with van der Waals surface area (Å²) in [4.78, 5) is 17.5. The number of amides is 2. The number of anilines is 2. The first-order valence-electron chi connectivity index (χ1n) is 12.1. The lowest BCUT2D eigenvalue weighted by Crippen LogP contribution is -2.44. The number of hydrogen-bond acceptors (Lipinski definition) is 3. The summed E-state index contributed by atoms with van der Waals surface area (Å²) in [6.45, 7) is 3.48. The van der Waals surface area contributed by atoms with Crippen LogP contribution in [0.1, 0.15) is 18.4 Å². The van der Waals surface area contributed by atoms with Gasteiger partial charge in [0, 0.05) is 31.0 Å². The van der Waals surface area contributed by atoms with E-state index in [-0.39, 0.29) is 11.8 Å². The molecule has 0 aromatic heterocycles. The van der Waals surface area contributed by atoms with Crippen LogP contribution in [0.4, 0.5) is 29.3 Å². The van der Waals surface area contributed by atoms with Gasteiger partial charge in [-0.1, -0.05) is 48.5 Å². The molecule has 1 saturated heterocycles. The molecule has 2 amide bonds. The molecular weight excluding hydrogens is 467 g/mol. The van der Waals surface area contributed by atoms with Crippen LogP contribution >= 0.6 is 0 Å². The van der Waals surface area contributed by atoms with Gasteiger partial charge in [0.1, 0.15) is 5.75 Å². The van der Waals surface area contributed by atoms with Gasteiger partial charge in [-0.2, -0.15) is 0 Å². The van der Waals surface area contributed by atoms with Gasteiger partial charge in [0.05, 0.1) is 0 Å². The van der Waals surface area contributed by atoms with Crippen molar-refractivity contribution < 1.29 is 22.7 Å². The van der Waals surface area contributed by atoms with Crippen molar-refractivity contribution in [2.24, 2.45) is 5.92 Å². The molecule has 1 fully saturated rings. The molecule has 4 rings (SSSR count). The lowest BCUT2D eigenvalue weighted by Gasteiger charge is -2.35. The predicted molar refractivity (Wildman–Crippen MR) is 135 cm³/mol. The second kappa shape index (κ2) is 11.9. The zero-order valence-corrected chi connectivity index (χ0v) is 20.0. The molecule has 3 aromatic carbocycles. The van der Waals surface area contributed by atoms with E-state index in [0.717, 1.165) is 44.6 Å². The molecule has 1 atom stereocenters. The van der Waals surface area contributed by atoms with Crippen molar-refractivity contribution in [1.29, 1.82) is 0 Å². The van der Waals surface area contributed by atoms with E-state index >= 15 is 0 Å². The Labute approximate surface area is 209 Å². The quantitative estimate of drug-likeness (QED) is 0.382.